The number of amides is 1. The monoisotopic (exact) mass is 239 g/mol. The SMILES string of the molecule is COS(=O)(=O)CCNC(=O)OCC(C)C. The first kappa shape index (κ1) is 14.2. The van der Waals surface area contributed by atoms with Gasteiger partial charge in [0.1, 0.15) is 0 Å². The fourth-order valence-electron chi connectivity index (χ4n) is 0.655. The molecule has 0 rings (SSSR count). The Morgan fingerprint density at radius 2 is 2.00 bits per heavy atom. The van der Waals surface area contributed by atoms with Crippen molar-refractivity contribution in [3.05, 3.63) is 0 Å². The molecule has 0 aromatic carbocycles. The maximum atomic E-state index is 11.0. The molecule has 0 atom stereocenters. The van der Waals surface area contributed by atoms with Crippen LogP contribution < -0.4 is 5.32 Å². The molecule has 0 aromatic heterocycles. The predicted molar refractivity (Wildman–Crippen MR) is 55.0 cm³/mol. The van der Waals surface area contributed by atoms with Crippen molar-refractivity contribution < 1.29 is 22.1 Å². The van der Waals surface area contributed by atoms with Crippen LogP contribution in [0.25, 0.3) is 0 Å². The third-order valence-electron chi connectivity index (χ3n) is 1.42. The fraction of sp³-hybridized carbons (Fsp3) is 0.875. The van der Waals surface area contributed by atoms with Gasteiger partial charge in [-0.1, -0.05) is 13.8 Å². The van der Waals surface area contributed by atoms with Gasteiger partial charge in [0.2, 0.25) is 0 Å². The first-order chi connectivity index (χ1) is 6.87. The minimum absolute atomic E-state index is 0.0207. The van der Waals surface area contributed by atoms with E-state index in [4.69, 9.17) is 4.74 Å². The van der Waals surface area contributed by atoms with Crippen molar-refractivity contribution in [2.75, 3.05) is 26.0 Å². The lowest BCUT2D eigenvalue weighted by Gasteiger charge is -2.08. The van der Waals surface area contributed by atoms with E-state index in [0.29, 0.717) is 6.61 Å². The van der Waals surface area contributed by atoms with Gasteiger partial charge in [-0.05, 0) is 5.92 Å². The number of carbonyl (C=O) groups excluding carboxylic acids is 1. The van der Waals surface area contributed by atoms with Crippen molar-refractivity contribution in [1.29, 1.82) is 0 Å². The summed E-state index contributed by atoms with van der Waals surface area (Å²) in [6.45, 7) is 4.10. The van der Waals surface area contributed by atoms with Crippen LogP contribution in [-0.2, 0) is 19.0 Å². The van der Waals surface area contributed by atoms with E-state index in [9.17, 15) is 13.2 Å². The smallest absolute Gasteiger partial charge is 0.407 e. The van der Waals surface area contributed by atoms with Gasteiger partial charge in [-0.3, -0.25) is 4.18 Å². The van der Waals surface area contributed by atoms with Crippen LogP contribution in [0.3, 0.4) is 0 Å². The predicted octanol–water partition coefficient (Wildman–Crippen LogP) is 0.345. The van der Waals surface area contributed by atoms with Gasteiger partial charge in [-0.2, -0.15) is 8.42 Å². The highest BCUT2D eigenvalue weighted by atomic mass is 32.2. The van der Waals surface area contributed by atoms with E-state index in [1.54, 1.807) is 0 Å². The number of hydrogen-bond donors (Lipinski definition) is 1. The Hall–Kier alpha value is -0.820. The number of carbonyl (C=O) groups is 1. The van der Waals surface area contributed by atoms with Crippen molar-refractivity contribution in [3.63, 3.8) is 0 Å². The highest BCUT2D eigenvalue weighted by Crippen LogP contribution is 1.93. The quantitative estimate of drug-likeness (QED) is 0.676. The van der Waals surface area contributed by atoms with Crippen LogP contribution in [0.1, 0.15) is 13.8 Å². The molecule has 0 heterocycles. The summed E-state index contributed by atoms with van der Waals surface area (Å²) >= 11 is 0. The Kier molecular flexibility index (Phi) is 6.26. The molecule has 0 aliphatic carbocycles. The summed E-state index contributed by atoms with van der Waals surface area (Å²) in [5, 5.41) is 2.31. The van der Waals surface area contributed by atoms with E-state index in [0.717, 1.165) is 7.11 Å². The van der Waals surface area contributed by atoms with Gasteiger partial charge in [0, 0.05) is 6.54 Å². The molecule has 0 spiro atoms. The minimum Gasteiger partial charge on any atom is -0.449 e. The summed E-state index contributed by atoms with van der Waals surface area (Å²) in [5.41, 5.74) is 0. The molecule has 0 fully saturated rings. The Bertz CT molecular complexity index is 285. The normalized spacial score (nSPS) is 11.5. The molecule has 0 aliphatic heterocycles. The molecular formula is C8H17NO5S. The number of hydrogen-bond acceptors (Lipinski definition) is 5. The van der Waals surface area contributed by atoms with E-state index >= 15 is 0 Å². The Morgan fingerprint density at radius 3 is 2.47 bits per heavy atom. The third-order valence-corrected chi connectivity index (χ3v) is 2.64. The second kappa shape index (κ2) is 6.62. The third kappa shape index (κ3) is 8.19. The molecular weight excluding hydrogens is 222 g/mol. The molecule has 1 N–H and O–H groups in total. The lowest BCUT2D eigenvalue weighted by atomic mass is 10.2. The molecule has 6 nitrogen and oxygen atoms in total. The van der Waals surface area contributed by atoms with Crippen molar-refractivity contribution >= 4 is 16.2 Å². The summed E-state index contributed by atoms with van der Waals surface area (Å²) in [5.74, 6) is -0.0150. The second-order valence-corrected chi connectivity index (χ2v) is 5.20. The zero-order chi connectivity index (χ0) is 11.9. The lowest BCUT2D eigenvalue weighted by molar-refractivity contribution is 0.133. The van der Waals surface area contributed by atoms with Gasteiger partial charge in [-0.15, -0.1) is 0 Å². The van der Waals surface area contributed by atoms with Crippen LogP contribution >= 0.6 is 0 Å². The number of nitrogens with one attached hydrogen (secondary N) is 1. The average molecular weight is 239 g/mol. The van der Waals surface area contributed by atoms with Gasteiger partial charge >= 0.3 is 6.09 Å². The van der Waals surface area contributed by atoms with E-state index in [1.165, 1.54) is 0 Å². The van der Waals surface area contributed by atoms with Crippen LogP contribution in [0.4, 0.5) is 4.79 Å². The minimum atomic E-state index is -3.52. The van der Waals surface area contributed by atoms with Crippen LogP contribution in [0.15, 0.2) is 0 Å². The first-order valence-electron chi connectivity index (χ1n) is 4.56. The van der Waals surface area contributed by atoms with Crippen molar-refractivity contribution in [2.45, 2.75) is 13.8 Å². The van der Waals surface area contributed by atoms with Crippen molar-refractivity contribution in [2.24, 2.45) is 5.92 Å². The van der Waals surface area contributed by atoms with Crippen LogP contribution in [0.2, 0.25) is 0 Å². The number of alkyl carbamates (subject to hydrolysis) is 1. The maximum Gasteiger partial charge on any atom is 0.407 e. The molecule has 90 valence electrons. The Labute approximate surface area is 90.1 Å². The standard InChI is InChI=1S/C8H17NO5S/c1-7(2)6-14-8(10)9-4-5-15(11,12)13-3/h7H,4-6H2,1-3H3,(H,9,10). The highest BCUT2D eigenvalue weighted by Gasteiger charge is 2.09. The maximum absolute atomic E-state index is 11.0. The molecule has 0 radical (unpaired) electrons. The summed E-state index contributed by atoms with van der Waals surface area (Å²) in [7, 11) is -2.44. The zero-order valence-corrected chi connectivity index (χ0v) is 9.96. The van der Waals surface area contributed by atoms with Gasteiger partial charge in [-0.25, -0.2) is 4.79 Å². The molecule has 0 bridgehead atoms. The molecule has 0 aromatic rings. The summed E-state index contributed by atoms with van der Waals surface area (Å²) in [6.07, 6.45) is -0.616. The van der Waals surface area contributed by atoms with Crippen molar-refractivity contribution in [3.8, 4) is 0 Å². The van der Waals surface area contributed by atoms with E-state index < -0.39 is 16.2 Å². The summed E-state index contributed by atoms with van der Waals surface area (Å²) in [4.78, 5) is 11.0. The summed E-state index contributed by atoms with van der Waals surface area (Å²) < 4.78 is 30.6. The Balaban J connectivity index is 3.65. The highest BCUT2D eigenvalue weighted by molar-refractivity contribution is 7.86. The second-order valence-electron chi connectivity index (χ2n) is 3.35. The molecule has 0 unspecified atom stereocenters. The molecule has 0 saturated carbocycles. The number of ether oxygens (including phenoxy) is 1. The summed E-state index contributed by atoms with van der Waals surface area (Å²) in [6, 6.07) is 0. The van der Waals surface area contributed by atoms with E-state index in [1.807, 2.05) is 13.8 Å². The molecule has 0 aliphatic rings. The zero-order valence-electron chi connectivity index (χ0n) is 9.15. The van der Waals surface area contributed by atoms with Gasteiger partial charge in [0.05, 0.1) is 19.5 Å². The van der Waals surface area contributed by atoms with Crippen LogP contribution in [0, 0.1) is 5.92 Å². The van der Waals surface area contributed by atoms with Crippen molar-refractivity contribution in [1.82, 2.24) is 5.32 Å². The fourth-order valence-corrected chi connectivity index (χ4v) is 1.17. The first-order valence-corrected chi connectivity index (χ1v) is 6.14. The van der Waals surface area contributed by atoms with Crippen LogP contribution in [-0.4, -0.2) is 40.5 Å². The number of rotatable bonds is 6. The van der Waals surface area contributed by atoms with Crippen LogP contribution in [0.5, 0.6) is 0 Å². The molecule has 15 heavy (non-hydrogen) atoms. The van der Waals surface area contributed by atoms with Gasteiger partial charge in [0.25, 0.3) is 10.1 Å². The van der Waals surface area contributed by atoms with Gasteiger partial charge < -0.3 is 10.1 Å². The topological polar surface area (TPSA) is 81.7 Å². The molecule has 0 saturated heterocycles. The van der Waals surface area contributed by atoms with E-state index in [-0.39, 0.29) is 18.2 Å². The van der Waals surface area contributed by atoms with E-state index in [2.05, 4.69) is 9.50 Å². The average Bonchev–Trinajstić information content (AvgIpc) is 2.14. The lowest BCUT2D eigenvalue weighted by Crippen LogP contribution is -2.30. The molecule has 7 heteroatoms. The largest absolute Gasteiger partial charge is 0.449 e. The van der Waals surface area contributed by atoms with Gasteiger partial charge in [0.15, 0.2) is 0 Å². The molecule has 1 amide bonds. The Morgan fingerprint density at radius 1 is 1.40 bits per heavy atom.